The fourth-order valence-corrected chi connectivity index (χ4v) is 3.08. The number of hydrogen-bond donors (Lipinski definition) is 1. The van der Waals surface area contributed by atoms with Gasteiger partial charge >= 0.3 is 0 Å². The average molecular weight is 402 g/mol. The minimum Gasteiger partial charge on any atom is -0.507 e. The molecule has 24 heavy (non-hydrogen) atoms. The first-order chi connectivity index (χ1) is 11.5. The molecule has 2 aromatic heterocycles. The Morgan fingerprint density at radius 3 is 2.83 bits per heavy atom. The lowest BCUT2D eigenvalue weighted by molar-refractivity contribution is 0.103. The van der Waals surface area contributed by atoms with Gasteiger partial charge in [-0.1, -0.05) is 15.9 Å². The van der Waals surface area contributed by atoms with Gasteiger partial charge in [0.2, 0.25) is 0 Å². The van der Waals surface area contributed by atoms with Crippen molar-refractivity contribution in [3.8, 4) is 17.0 Å². The summed E-state index contributed by atoms with van der Waals surface area (Å²) in [4.78, 5) is 29.0. The molecule has 1 N–H and O–H groups in total. The van der Waals surface area contributed by atoms with E-state index in [1.807, 2.05) is 0 Å². The Morgan fingerprint density at radius 1 is 1.38 bits per heavy atom. The fraction of sp³-hybridized carbons (Fsp3) is 0. The molecule has 0 fully saturated rings. The minimum atomic E-state index is -0.553. The maximum atomic E-state index is 12.7. The van der Waals surface area contributed by atoms with Crippen LogP contribution in [0.1, 0.15) is 21.5 Å². The fourth-order valence-electron chi connectivity index (χ4n) is 2.11. The topological polar surface area (TPSA) is 96.0 Å². The lowest BCUT2D eigenvalue weighted by Crippen LogP contribution is -2.22. The maximum absolute atomic E-state index is 12.7. The first-order valence-electron chi connectivity index (χ1n) is 6.61. The largest absolute Gasteiger partial charge is 0.507 e. The van der Waals surface area contributed by atoms with Crippen molar-refractivity contribution < 1.29 is 9.90 Å². The van der Waals surface area contributed by atoms with E-state index in [9.17, 15) is 14.7 Å². The monoisotopic (exact) mass is 401 g/mol. The van der Waals surface area contributed by atoms with Crippen LogP contribution in [0.15, 0.2) is 51.3 Å². The van der Waals surface area contributed by atoms with Crippen LogP contribution >= 0.6 is 27.3 Å². The van der Waals surface area contributed by atoms with E-state index in [0.29, 0.717) is 9.60 Å². The zero-order valence-electron chi connectivity index (χ0n) is 11.9. The molecule has 0 saturated heterocycles. The number of halogens is 1. The summed E-state index contributed by atoms with van der Waals surface area (Å²) in [5.74, 6) is -0.690. The summed E-state index contributed by atoms with van der Waals surface area (Å²) < 4.78 is 1.78. The van der Waals surface area contributed by atoms with Gasteiger partial charge in [-0.25, -0.2) is 4.98 Å². The van der Waals surface area contributed by atoms with Crippen LogP contribution in [0.3, 0.4) is 0 Å². The molecule has 0 atom stereocenters. The highest BCUT2D eigenvalue weighted by molar-refractivity contribution is 9.10. The van der Waals surface area contributed by atoms with Crippen molar-refractivity contribution in [1.29, 1.82) is 5.26 Å². The van der Waals surface area contributed by atoms with Crippen molar-refractivity contribution in [2.24, 2.45) is 0 Å². The molecular weight excluding hydrogens is 394 g/mol. The van der Waals surface area contributed by atoms with Crippen LogP contribution in [0.2, 0.25) is 0 Å². The number of hydrogen-bond acceptors (Lipinski definition) is 6. The van der Waals surface area contributed by atoms with Crippen molar-refractivity contribution in [2.75, 3.05) is 0 Å². The van der Waals surface area contributed by atoms with Crippen LogP contribution in [0.25, 0.3) is 5.13 Å². The van der Waals surface area contributed by atoms with E-state index in [2.05, 4.69) is 20.9 Å². The third-order valence-electron chi connectivity index (χ3n) is 3.23. The molecule has 0 saturated carbocycles. The normalized spacial score (nSPS) is 10.3. The SMILES string of the molecule is N#Cc1cc(C(=O)c2cc(Br)ccc2O)cn(-c2nccs2)c1=O. The molecule has 0 aliphatic heterocycles. The number of aromatic hydroxyl groups is 1. The van der Waals surface area contributed by atoms with Gasteiger partial charge < -0.3 is 5.11 Å². The Labute approximate surface area is 148 Å². The Morgan fingerprint density at radius 2 is 2.17 bits per heavy atom. The molecule has 0 radical (unpaired) electrons. The van der Waals surface area contributed by atoms with Gasteiger partial charge in [0.15, 0.2) is 10.9 Å². The molecular formula is C16H8BrN3O3S. The second-order valence-electron chi connectivity index (χ2n) is 4.73. The van der Waals surface area contributed by atoms with Gasteiger partial charge in [-0.15, -0.1) is 11.3 Å². The third-order valence-corrected chi connectivity index (χ3v) is 4.49. The van der Waals surface area contributed by atoms with Gasteiger partial charge in [0.1, 0.15) is 17.4 Å². The van der Waals surface area contributed by atoms with Crippen molar-refractivity contribution >= 4 is 33.0 Å². The Hall–Kier alpha value is -2.76. The molecule has 6 nitrogen and oxygen atoms in total. The van der Waals surface area contributed by atoms with E-state index in [1.165, 1.54) is 41.9 Å². The van der Waals surface area contributed by atoms with Crippen LogP contribution in [0.5, 0.6) is 5.75 Å². The maximum Gasteiger partial charge on any atom is 0.274 e. The average Bonchev–Trinajstić information content (AvgIpc) is 3.11. The van der Waals surface area contributed by atoms with Crippen molar-refractivity contribution in [2.45, 2.75) is 0 Å². The lowest BCUT2D eigenvalue weighted by Gasteiger charge is -2.08. The summed E-state index contributed by atoms with van der Waals surface area (Å²) in [5.41, 5.74) is -0.555. The lowest BCUT2D eigenvalue weighted by atomic mass is 10.0. The smallest absolute Gasteiger partial charge is 0.274 e. The van der Waals surface area contributed by atoms with E-state index in [0.717, 1.165) is 4.57 Å². The van der Waals surface area contributed by atoms with Gasteiger partial charge in [0.25, 0.3) is 5.56 Å². The molecule has 0 bridgehead atoms. The molecule has 118 valence electrons. The van der Waals surface area contributed by atoms with Crippen LogP contribution in [-0.2, 0) is 0 Å². The van der Waals surface area contributed by atoms with E-state index < -0.39 is 11.3 Å². The molecule has 8 heteroatoms. The molecule has 3 aromatic rings. The van der Waals surface area contributed by atoms with Gasteiger partial charge in [-0.05, 0) is 24.3 Å². The van der Waals surface area contributed by atoms with E-state index >= 15 is 0 Å². The summed E-state index contributed by atoms with van der Waals surface area (Å²) in [6.45, 7) is 0. The number of rotatable bonds is 3. The standard InChI is InChI=1S/C16H8BrN3O3S/c17-11-1-2-13(21)12(6-11)14(22)10-5-9(7-18)15(23)20(8-10)16-19-3-4-24-16/h1-6,8,21H. The van der Waals surface area contributed by atoms with Gasteiger partial charge in [-0.3, -0.25) is 14.2 Å². The number of nitrogens with zero attached hydrogens (tertiary/aromatic N) is 3. The molecule has 2 heterocycles. The van der Waals surface area contributed by atoms with Crippen molar-refractivity contribution in [1.82, 2.24) is 9.55 Å². The quantitative estimate of drug-likeness (QED) is 0.680. The van der Waals surface area contributed by atoms with Crippen LogP contribution in [-0.4, -0.2) is 20.4 Å². The zero-order valence-corrected chi connectivity index (χ0v) is 14.3. The molecule has 0 aliphatic carbocycles. The number of phenols is 1. The number of benzene rings is 1. The number of nitriles is 1. The first kappa shape index (κ1) is 16.1. The highest BCUT2D eigenvalue weighted by atomic mass is 79.9. The third kappa shape index (κ3) is 2.87. The second kappa shape index (κ2) is 6.39. The molecule has 0 amide bonds. The highest BCUT2D eigenvalue weighted by Crippen LogP contribution is 2.25. The molecule has 0 aliphatic rings. The number of phenolic OH excluding ortho intramolecular Hbond substituents is 1. The van der Waals surface area contributed by atoms with E-state index in [4.69, 9.17) is 5.26 Å². The highest BCUT2D eigenvalue weighted by Gasteiger charge is 2.18. The van der Waals surface area contributed by atoms with Crippen molar-refractivity contribution in [3.63, 3.8) is 0 Å². The van der Waals surface area contributed by atoms with Crippen LogP contribution < -0.4 is 5.56 Å². The molecule has 0 unspecified atom stereocenters. The predicted molar refractivity (Wildman–Crippen MR) is 91.7 cm³/mol. The summed E-state index contributed by atoms with van der Waals surface area (Å²) in [6, 6.07) is 7.47. The Kier molecular flexibility index (Phi) is 4.29. The van der Waals surface area contributed by atoms with Crippen LogP contribution in [0.4, 0.5) is 0 Å². The number of ketones is 1. The summed E-state index contributed by atoms with van der Waals surface area (Å²) in [6.07, 6.45) is 2.85. The second-order valence-corrected chi connectivity index (χ2v) is 6.52. The Bertz CT molecular complexity index is 1040. The summed E-state index contributed by atoms with van der Waals surface area (Å²) >= 11 is 4.45. The van der Waals surface area contributed by atoms with Gasteiger partial charge in [0, 0.05) is 27.8 Å². The first-order valence-corrected chi connectivity index (χ1v) is 8.28. The van der Waals surface area contributed by atoms with Crippen molar-refractivity contribution in [3.05, 3.63) is 73.6 Å². The Balaban J connectivity index is 2.20. The van der Waals surface area contributed by atoms with E-state index in [-0.39, 0.29) is 22.4 Å². The van der Waals surface area contributed by atoms with Crippen LogP contribution in [0, 0.1) is 11.3 Å². The number of carbonyl (C=O) groups excluding carboxylic acids is 1. The summed E-state index contributed by atoms with van der Waals surface area (Å²) in [5, 5.41) is 21.1. The van der Waals surface area contributed by atoms with Gasteiger partial charge in [-0.2, -0.15) is 5.26 Å². The number of carbonyl (C=O) groups is 1. The summed E-state index contributed by atoms with van der Waals surface area (Å²) in [7, 11) is 0. The molecule has 0 spiro atoms. The number of thiazole rings is 1. The van der Waals surface area contributed by atoms with Gasteiger partial charge in [0.05, 0.1) is 5.56 Å². The zero-order chi connectivity index (χ0) is 17.3. The molecule has 1 aromatic carbocycles. The minimum absolute atomic E-state index is 0.0672. The number of aromatic nitrogens is 2. The molecule has 3 rings (SSSR count). The number of pyridine rings is 1. The van der Waals surface area contributed by atoms with E-state index in [1.54, 1.807) is 17.5 Å². The predicted octanol–water partition coefficient (Wildman–Crippen LogP) is 2.86.